The fraction of sp³-hybridized carbons (Fsp3) is 0.250. The molecule has 2 aromatic rings. The molecule has 2 rings (SSSR count). The van der Waals surface area contributed by atoms with E-state index in [9.17, 15) is 4.79 Å². The van der Waals surface area contributed by atoms with E-state index in [4.69, 9.17) is 5.26 Å². The van der Waals surface area contributed by atoms with Crippen molar-refractivity contribution >= 4 is 17.5 Å². The molecule has 6 heteroatoms. The van der Waals surface area contributed by atoms with Crippen molar-refractivity contribution < 1.29 is 4.79 Å². The minimum absolute atomic E-state index is 0.225. The van der Waals surface area contributed by atoms with Gasteiger partial charge < -0.3 is 10.6 Å². The molecular formula is C16H17N5O. The van der Waals surface area contributed by atoms with E-state index in [-0.39, 0.29) is 11.4 Å². The van der Waals surface area contributed by atoms with Crippen LogP contribution in [0.25, 0.3) is 0 Å². The monoisotopic (exact) mass is 295 g/mol. The lowest BCUT2D eigenvalue weighted by Crippen LogP contribution is -2.40. The van der Waals surface area contributed by atoms with Crippen LogP contribution in [0.2, 0.25) is 0 Å². The average molecular weight is 295 g/mol. The predicted octanol–water partition coefficient (Wildman–Crippen LogP) is 2.62. The van der Waals surface area contributed by atoms with Crippen LogP contribution in [0, 0.1) is 11.3 Å². The molecule has 22 heavy (non-hydrogen) atoms. The molecule has 0 saturated heterocycles. The normalized spacial score (nSPS) is 10.6. The number of nitrogens with one attached hydrogen (secondary N) is 2. The Bertz CT molecular complexity index is 711. The summed E-state index contributed by atoms with van der Waals surface area (Å²) in [6, 6.07) is 9.15. The van der Waals surface area contributed by atoms with Gasteiger partial charge in [0.25, 0.3) is 5.91 Å². The zero-order valence-electron chi connectivity index (χ0n) is 12.7. The summed E-state index contributed by atoms with van der Waals surface area (Å²) >= 11 is 0. The Morgan fingerprint density at radius 3 is 2.41 bits per heavy atom. The quantitative estimate of drug-likeness (QED) is 0.908. The van der Waals surface area contributed by atoms with Gasteiger partial charge >= 0.3 is 0 Å². The summed E-state index contributed by atoms with van der Waals surface area (Å²) in [4.78, 5) is 20.2. The SMILES string of the molecule is CC(C)(C)NC(=O)c1cnc(Nc2ccccc2C#N)nc1. The molecule has 0 radical (unpaired) electrons. The molecule has 1 amide bonds. The number of para-hydroxylation sites is 1. The number of anilines is 2. The number of hydrogen-bond donors (Lipinski definition) is 2. The first-order chi connectivity index (χ1) is 10.4. The Balaban J connectivity index is 2.13. The van der Waals surface area contributed by atoms with Gasteiger partial charge in [-0.1, -0.05) is 12.1 Å². The molecule has 112 valence electrons. The number of carbonyl (C=O) groups is 1. The molecule has 1 aromatic heterocycles. The minimum atomic E-state index is -0.320. The van der Waals surface area contributed by atoms with Crippen LogP contribution >= 0.6 is 0 Å². The van der Waals surface area contributed by atoms with E-state index in [1.54, 1.807) is 18.2 Å². The Morgan fingerprint density at radius 2 is 1.82 bits per heavy atom. The van der Waals surface area contributed by atoms with Crippen LogP contribution in [0.15, 0.2) is 36.7 Å². The lowest BCUT2D eigenvalue weighted by atomic mass is 10.1. The fourth-order valence-corrected chi connectivity index (χ4v) is 1.73. The van der Waals surface area contributed by atoms with Crippen LogP contribution in [0.4, 0.5) is 11.6 Å². The summed E-state index contributed by atoms with van der Waals surface area (Å²) < 4.78 is 0. The summed E-state index contributed by atoms with van der Waals surface area (Å²) in [6.07, 6.45) is 2.90. The predicted molar refractivity (Wildman–Crippen MR) is 83.7 cm³/mol. The van der Waals surface area contributed by atoms with E-state index in [1.165, 1.54) is 12.4 Å². The van der Waals surface area contributed by atoms with Crippen LogP contribution in [-0.4, -0.2) is 21.4 Å². The molecular weight excluding hydrogens is 278 g/mol. The Hall–Kier alpha value is -2.94. The van der Waals surface area contributed by atoms with Crippen molar-refractivity contribution in [2.24, 2.45) is 0 Å². The van der Waals surface area contributed by atoms with Crippen molar-refractivity contribution in [1.82, 2.24) is 15.3 Å². The van der Waals surface area contributed by atoms with Crippen molar-refractivity contribution in [3.05, 3.63) is 47.8 Å². The summed E-state index contributed by atoms with van der Waals surface area (Å²) in [5.74, 6) is 0.103. The smallest absolute Gasteiger partial charge is 0.254 e. The summed E-state index contributed by atoms with van der Waals surface area (Å²) in [7, 11) is 0. The van der Waals surface area contributed by atoms with Crippen LogP contribution in [0.3, 0.4) is 0 Å². The van der Waals surface area contributed by atoms with Crippen molar-refractivity contribution in [3.63, 3.8) is 0 Å². The second kappa shape index (κ2) is 6.22. The Labute approximate surface area is 129 Å². The van der Waals surface area contributed by atoms with Crippen LogP contribution in [0.5, 0.6) is 0 Å². The van der Waals surface area contributed by atoms with Crippen LogP contribution < -0.4 is 10.6 Å². The van der Waals surface area contributed by atoms with E-state index >= 15 is 0 Å². The maximum atomic E-state index is 12.0. The lowest BCUT2D eigenvalue weighted by Gasteiger charge is -2.20. The third kappa shape index (κ3) is 4.03. The van der Waals surface area contributed by atoms with E-state index in [2.05, 4.69) is 26.7 Å². The highest BCUT2D eigenvalue weighted by molar-refractivity contribution is 5.94. The van der Waals surface area contributed by atoms with Crippen molar-refractivity contribution in [2.75, 3.05) is 5.32 Å². The molecule has 0 spiro atoms. The van der Waals surface area contributed by atoms with Crippen LogP contribution in [-0.2, 0) is 0 Å². The van der Waals surface area contributed by atoms with Gasteiger partial charge in [-0.2, -0.15) is 5.26 Å². The van der Waals surface area contributed by atoms with Gasteiger partial charge in [-0.15, -0.1) is 0 Å². The van der Waals surface area contributed by atoms with Gasteiger partial charge in [-0.3, -0.25) is 4.79 Å². The highest BCUT2D eigenvalue weighted by Crippen LogP contribution is 2.17. The number of nitrogens with zero attached hydrogens (tertiary/aromatic N) is 3. The number of amides is 1. The molecule has 0 saturated carbocycles. The van der Waals surface area contributed by atoms with E-state index in [0.29, 0.717) is 22.8 Å². The third-order valence-electron chi connectivity index (χ3n) is 2.70. The molecule has 6 nitrogen and oxygen atoms in total. The van der Waals surface area contributed by atoms with Gasteiger partial charge in [-0.25, -0.2) is 9.97 Å². The molecule has 1 heterocycles. The number of rotatable bonds is 3. The summed E-state index contributed by atoms with van der Waals surface area (Å²) in [5.41, 5.74) is 1.19. The fourth-order valence-electron chi connectivity index (χ4n) is 1.73. The van der Waals surface area contributed by atoms with Crippen molar-refractivity contribution in [3.8, 4) is 6.07 Å². The van der Waals surface area contributed by atoms with Crippen molar-refractivity contribution in [1.29, 1.82) is 5.26 Å². The summed E-state index contributed by atoms with van der Waals surface area (Å²) in [6.45, 7) is 5.71. The Kier molecular flexibility index (Phi) is 4.37. The standard InChI is InChI=1S/C16H17N5O/c1-16(2,3)21-14(22)12-9-18-15(19-10-12)20-13-7-5-4-6-11(13)8-17/h4-7,9-10H,1-3H3,(H,21,22)(H,18,19,20). The number of nitriles is 1. The Morgan fingerprint density at radius 1 is 1.18 bits per heavy atom. The van der Waals surface area contributed by atoms with Crippen molar-refractivity contribution in [2.45, 2.75) is 26.3 Å². The minimum Gasteiger partial charge on any atom is -0.347 e. The average Bonchev–Trinajstić information content (AvgIpc) is 2.47. The molecule has 0 aliphatic carbocycles. The number of aromatic nitrogens is 2. The largest absolute Gasteiger partial charge is 0.347 e. The first-order valence-corrected chi connectivity index (χ1v) is 6.80. The molecule has 0 unspecified atom stereocenters. The first kappa shape index (κ1) is 15.4. The molecule has 0 fully saturated rings. The lowest BCUT2D eigenvalue weighted by molar-refractivity contribution is 0.0919. The zero-order valence-corrected chi connectivity index (χ0v) is 12.7. The maximum absolute atomic E-state index is 12.0. The van der Waals surface area contributed by atoms with E-state index < -0.39 is 0 Å². The van der Waals surface area contributed by atoms with E-state index in [1.807, 2.05) is 26.8 Å². The topological polar surface area (TPSA) is 90.7 Å². The number of hydrogen-bond acceptors (Lipinski definition) is 5. The molecule has 1 aromatic carbocycles. The van der Waals surface area contributed by atoms with Gasteiger partial charge in [0.1, 0.15) is 6.07 Å². The highest BCUT2D eigenvalue weighted by atomic mass is 16.1. The van der Waals surface area contributed by atoms with Gasteiger partial charge in [0, 0.05) is 17.9 Å². The van der Waals surface area contributed by atoms with Gasteiger partial charge in [0.2, 0.25) is 5.95 Å². The zero-order chi connectivity index (χ0) is 16.2. The molecule has 0 bridgehead atoms. The molecule has 0 aliphatic heterocycles. The molecule has 0 aliphatic rings. The molecule has 2 N–H and O–H groups in total. The van der Waals surface area contributed by atoms with E-state index in [0.717, 1.165) is 0 Å². The third-order valence-corrected chi connectivity index (χ3v) is 2.70. The number of benzene rings is 1. The maximum Gasteiger partial charge on any atom is 0.254 e. The van der Waals surface area contributed by atoms with Crippen LogP contribution in [0.1, 0.15) is 36.7 Å². The first-order valence-electron chi connectivity index (χ1n) is 6.80. The number of carbonyl (C=O) groups excluding carboxylic acids is 1. The second-order valence-corrected chi connectivity index (χ2v) is 5.78. The second-order valence-electron chi connectivity index (χ2n) is 5.78. The highest BCUT2D eigenvalue weighted by Gasteiger charge is 2.16. The van der Waals surface area contributed by atoms with Gasteiger partial charge in [0.15, 0.2) is 0 Å². The van der Waals surface area contributed by atoms with Gasteiger partial charge in [-0.05, 0) is 32.9 Å². The van der Waals surface area contributed by atoms with Gasteiger partial charge in [0.05, 0.1) is 16.8 Å². The summed E-state index contributed by atoms with van der Waals surface area (Å²) in [5, 5.41) is 14.8. The molecule has 0 atom stereocenters.